The van der Waals surface area contributed by atoms with Crippen LogP contribution >= 0.6 is 11.6 Å². The molecule has 1 aliphatic heterocycles. The highest BCUT2D eigenvalue weighted by Gasteiger charge is 2.20. The van der Waals surface area contributed by atoms with E-state index < -0.39 is 0 Å². The van der Waals surface area contributed by atoms with Crippen LogP contribution in [0.5, 0.6) is 5.75 Å². The molecule has 4 nitrogen and oxygen atoms in total. The van der Waals surface area contributed by atoms with Crippen LogP contribution in [0, 0.1) is 5.82 Å². The highest BCUT2D eigenvalue weighted by atomic mass is 35.5. The van der Waals surface area contributed by atoms with E-state index in [2.05, 4.69) is 4.90 Å². The average molecular weight is 301 g/mol. The molecule has 1 fully saturated rings. The number of halogens is 2. The summed E-state index contributed by atoms with van der Waals surface area (Å²) in [6, 6.07) is 4.99. The van der Waals surface area contributed by atoms with Gasteiger partial charge in [0.05, 0.1) is 7.11 Å². The van der Waals surface area contributed by atoms with Crippen LogP contribution in [0.2, 0.25) is 0 Å². The Morgan fingerprint density at radius 1 is 1.35 bits per heavy atom. The first-order chi connectivity index (χ1) is 9.63. The van der Waals surface area contributed by atoms with E-state index in [9.17, 15) is 9.18 Å². The summed E-state index contributed by atoms with van der Waals surface area (Å²) < 4.78 is 18.5. The number of nitrogens with zero attached hydrogens (tertiary/aromatic N) is 2. The van der Waals surface area contributed by atoms with Crippen LogP contribution in [0.3, 0.4) is 0 Å². The molecule has 0 atom stereocenters. The molecular weight excluding hydrogens is 283 g/mol. The van der Waals surface area contributed by atoms with Crippen molar-refractivity contribution >= 4 is 17.5 Å². The third-order valence-corrected chi connectivity index (χ3v) is 3.69. The van der Waals surface area contributed by atoms with Gasteiger partial charge in [-0.1, -0.05) is 6.07 Å². The number of piperazine rings is 1. The van der Waals surface area contributed by atoms with Gasteiger partial charge in [0.1, 0.15) is 5.88 Å². The van der Waals surface area contributed by atoms with Gasteiger partial charge in [0.25, 0.3) is 0 Å². The summed E-state index contributed by atoms with van der Waals surface area (Å²) in [5.74, 6) is -0.0852. The summed E-state index contributed by atoms with van der Waals surface area (Å²) in [6.45, 7) is 3.56. The zero-order valence-corrected chi connectivity index (χ0v) is 12.2. The summed E-state index contributed by atoms with van der Waals surface area (Å²) >= 11 is 5.54. The van der Waals surface area contributed by atoms with E-state index in [-0.39, 0.29) is 23.4 Å². The summed E-state index contributed by atoms with van der Waals surface area (Å²) in [6.07, 6.45) is 0. The fourth-order valence-electron chi connectivity index (χ4n) is 2.31. The van der Waals surface area contributed by atoms with Gasteiger partial charge in [-0.05, 0) is 17.7 Å². The Labute approximate surface area is 123 Å². The first-order valence-electron chi connectivity index (χ1n) is 6.52. The normalized spacial score (nSPS) is 16.2. The molecule has 6 heteroatoms. The van der Waals surface area contributed by atoms with Gasteiger partial charge in [0, 0.05) is 32.7 Å². The summed E-state index contributed by atoms with van der Waals surface area (Å²) in [5, 5.41) is 0. The second kappa shape index (κ2) is 6.90. The predicted molar refractivity (Wildman–Crippen MR) is 75.5 cm³/mol. The first kappa shape index (κ1) is 15.1. The molecular formula is C14H18ClFN2O2. The molecule has 110 valence electrons. The van der Waals surface area contributed by atoms with Crippen molar-refractivity contribution in [3.63, 3.8) is 0 Å². The van der Waals surface area contributed by atoms with Crippen molar-refractivity contribution in [3.8, 4) is 5.75 Å². The Morgan fingerprint density at radius 2 is 2.05 bits per heavy atom. The Bertz CT molecular complexity index is 476. The van der Waals surface area contributed by atoms with Crippen molar-refractivity contribution < 1.29 is 13.9 Å². The van der Waals surface area contributed by atoms with Gasteiger partial charge in [-0.2, -0.15) is 0 Å². The molecule has 1 saturated heterocycles. The van der Waals surface area contributed by atoms with Crippen molar-refractivity contribution in [2.45, 2.75) is 6.54 Å². The van der Waals surface area contributed by atoms with E-state index in [1.165, 1.54) is 13.2 Å². The molecule has 20 heavy (non-hydrogen) atoms. The number of methoxy groups -OCH3 is 1. The van der Waals surface area contributed by atoms with Crippen molar-refractivity contribution in [1.82, 2.24) is 9.80 Å². The molecule has 0 unspecified atom stereocenters. The zero-order valence-electron chi connectivity index (χ0n) is 11.4. The minimum absolute atomic E-state index is 0.0261. The minimum atomic E-state index is -0.346. The number of carbonyl (C=O) groups excluding carboxylic acids is 1. The Kier molecular flexibility index (Phi) is 5.20. The lowest BCUT2D eigenvalue weighted by Gasteiger charge is -2.34. The first-order valence-corrected chi connectivity index (χ1v) is 7.06. The number of amides is 1. The third kappa shape index (κ3) is 3.61. The standard InChI is InChI=1S/C14H18ClFN2O2/c1-20-13-3-2-11(8-12(13)16)10-17-4-6-18(7-5-17)14(19)9-15/h2-3,8H,4-7,9-10H2,1H3. The van der Waals surface area contributed by atoms with Gasteiger partial charge in [0.15, 0.2) is 11.6 Å². The van der Waals surface area contributed by atoms with Crippen LogP contribution in [0.4, 0.5) is 4.39 Å². The van der Waals surface area contributed by atoms with Crippen LogP contribution in [0.25, 0.3) is 0 Å². The zero-order chi connectivity index (χ0) is 14.5. The van der Waals surface area contributed by atoms with E-state index in [4.69, 9.17) is 16.3 Å². The van der Waals surface area contributed by atoms with Gasteiger partial charge < -0.3 is 9.64 Å². The van der Waals surface area contributed by atoms with Crippen LogP contribution in [0.15, 0.2) is 18.2 Å². The quantitative estimate of drug-likeness (QED) is 0.794. The van der Waals surface area contributed by atoms with E-state index in [1.807, 2.05) is 6.07 Å². The van der Waals surface area contributed by atoms with E-state index >= 15 is 0 Å². The molecule has 0 aliphatic carbocycles. The van der Waals surface area contributed by atoms with Gasteiger partial charge in [0.2, 0.25) is 5.91 Å². The molecule has 0 radical (unpaired) electrons. The van der Waals surface area contributed by atoms with Crippen molar-refractivity contribution in [1.29, 1.82) is 0 Å². The molecule has 0 aromatic heterocycles. The van der Waals surface area contributed by atoms with Crippen molar-refractivity contribution in [2.75, 3.05) is 39.2 Å². The number of hydrogen-bond donors (Lipinski definition) is 0. The van der Waals surface area contributed by atoms with Gasteiger partial charge in [-0.15, -0.1) is 11.6 Å². The molecule has 1 aliphatic rings. The summed E-state index contributed by atoms with van der Waals surface area (Å²) in [5.41, 5.74) is 0.903. The molecule has 0 spiro atoms. The van der Waals surface area contributed by atoms with Crippen LogP contribution in [-0.4, -0.2) is 54.9 Å². The van der Waals surface area contributed by atoms with E-state index in [0.717, 1.165) is 18.7 Å². The van der Waals surface area contributed by atoms with Gasteiger partial charge in [-0.25, -0.2) is 4.39 Å². The largest absolute Gasteiger partial charge is 0.494 e. The Balaban J connectivity index is 1.89. The van der Waals surface area contributed by atoms with Crippen LogP contribution < -0.4 is 4.74 Å². The van der Waals surface area contributed by atoms with E-state index in [1.54, 1.807) is 11.0 Å². The van der Waals surface area contributed by atoms with Crippen LogP contribution in [-0.2, 0) is 11.3 Å². The molecule has 0 saturated carbocycles. The maximum Gasteiger partial charge on any atom is 0.237 e. The number of hydrogen-bond acceptors (Lipinski definition) is 3. The van der Waals surface area contributed by atoms with Crippen molar-refractivity contribution in [2.24, 2.45) is 0 Å². The lowest BCUT2D eigenvalue weighted by atomic mass is 10.2. The average Bonchev–Trinajstić information content (AvgIpc) is 2.47. The lowest BCUT2D eigenvalue weighted by Crippen LogP contribution is -2.48. The number of benzene rings is 1. The lowest BCUT2D eigenvalue weighted by molar-refractivity contribution is -0.130. The second-order valence-corrected chi connectivity index (χ2v) is 5.03. The van der Waals surface area contributed by atoms with Gasteiger partial charge in [-0.3, -0.25) is 9.69 Å². The minimum Gasteiger partial charge on any atom is -0.494 e. The fraction of sp³-hybridized carbons (Fsp3) is 0.500. The Hall–Kier alpha value is -1.33. The molecule has 0 N–H and O–H groups in total. The number of alkyl halides is 1. The monoisotopic (exact) mass is 300 g/mol. The summed E-state index contributed by atoms with van der Waals surface area (Å²) in [4.78, 5) is 15.4. The highest BCUT2D eigenvalue weighted by molar-refractivity contribution is 6.27. The SMILES string of the molecule is COc1ccc(CN2CCN(C(=O)CCl)CC2)cc1F. The number of ether oxygens (including phenoxy) is 1. The smallest absolute Gasteiger partial charge is 0.237 e. The molecule has 1 aromatic rings. The number of carbonyl (C=O) groups is 1. The topological polar surface area (TPSA) is 32.8 Å². The molecule has 0 bridgehead atoms. The van der Waals surface area contributed by atoms with E-state index in [0.29, 0.717) is 19.6 Å². The molecule has 1 aromatic carbocycles. The van der Waals surface area contributed by atoms with Gasteiger partial charge >= 0.3 is 0 Å². The number of rotatable bonds is 4. The fourth-order valence-corrected chi connectivity index (χ4v) is 2.48. The highest BCUT2D eigenvalue weighted by Crippen LogP contribution is 2.19. The third-order valence-electron chi connectivity index (χ3n) is 3.46. The molecule has 2 rings (SSSR count). The molecule has 1 heterocycles. The predicted octanol–water partition coefficient (Wildman–Crippen LogP) is 1.72. The second-order valence-electron chi connectivity index (χ2n) is 4.76. The maximum absolute atomic E-state index is 13.6. The Morgan fingerprint density at radius 3 is 2.60 bits per heavy atom. The summed E-state index contributed by atoms with van der Waals surface area (Å²) in [7, 11) is 1.45. The van der Waals surface area contributed by atoms with Crippen molar-refractivity contribution in [3.05, 3.63) is 29.6 Å². The molecule has 1 amide bonds. The maximum atomic E-state index is 13.6. The van der Waals surface area contributed by atoms with Crippen LogP contribution in [0.1, 0.15) is 5.56 Å².